The van der Waals surface area contributed by atoms with Crippen LogP contribution in [-0.4, -0.2) is 50.7 Å². The maximum absolute atomic E-state index is 5.59. The van der Waals surface area contributed by atoms with Crippen molar-refractivity contribution in [3.8, 4) is 5.75 Å². The molecule has 2 N–H and O–H groups in total. The Morgan fingerprint density at radius 3 is 2.75 bits per heavy atom. The molecule has 1 aliphatic rings. The summed E-state index contributed by atoms with van der Waals surface area (Å²) in [6, 6.07) is 8.52. The number of rotatable bonds is 8. The van der Waals surface area contributed by atoms with Gasteiger partial charge in [0.25, 0.3) is 0 Å². The van der Waals surface area contributed by atoms with E-state index in [1.807, 2.05) is 18.2 Å². The SMILES string of the molecule is C=CCNC(=NCC(c1ccccc1OC)N1CCCC1)NCC. The summed E-state index contributed by atoms with van der Waals surface area (Å²) in [7, 11) is 1.73. The van der Waals surface area contributed by atoms with E-state index in [0.29, 0.717) is 13.1 Å². The minimum atomic E-state index is 0.239. The monoisotopic (exact) mass is 330 g/mol. The zero-order valence-corrected chi connectivity index (χ0v) is 14.9. The van der Waals surface area contributed by atoms with Crippen LogP contribution in [0, 0.1) is 0 Å². The second-order valence-electron chi connectivity index (χ2n) is 5.89. The van der Waals surface area contributed by atoms with Crippen molar-refractivity contribution in [3.05, 3.63) is 42.5 Å². The number of likely N-dealkylation sites (tertiary alicyclic amines) is 1. The summed E-state index contributed by atoms with van der Waals surface area (Å²) in [5.41, 5.74) is 1.21. The fourth-order valence-corrected chi connectivity index (χ4v) is 3.09. The van der Waals surface area contributed by atoms with E-state index in [4.69, 9.17) is 9.73 Å². The van der Waals surface area contributed by atoms with Crippen molar-refractivity contribution in [2.24, 2.45) is 4.99 Å². The van der Waals surface area contributed by atoms with Crippen molar-refractivity contribution in [3.63, 3.8) is 0 Å². The van der Waals surface area contributed by atoms with E-state index < -0.39 is 0 Å². The van der Waals surface area contributed by atoms with Crippen molar-refractivity contribution < 1.29 is 4.74 Å². The minimum absolute atomic E-state index is 0.239. The van der Waals surface area contributed by atoms with Gasteiger partial charge in [-0.1, -0.05) is 24.3 Å². The number of guanidine groups is 1. The second kappa shape index (κ2) is 9.98. The zero-order chi connectivity index (χ0) is 17.2. The van der Waals surface area contributed by atoms with Crippen molar-refractivity contribution in [1.29, 1.82) is 0 Å². The first-order chi connectivity index (χ1) is 11.8. The fourth-order valence-electron chi connectivity index (χ4n) is 3.09. The first-order valence-electron chi connectivity index (χ1n) is 8.80. The Morgan fingerprint density at radius 1 is 1.33 bits per heavy atom. The second-order valence-corrected chi connectivity index (χ2v) is 5.89. The van der Waals surface area contributed by atoms with Crippen LogP contribution in [0.4, 0.5) is 0 Å². The first-order valence-corrected chi connectivity index (χ1v) is 8.80. The van der Waals surface area contributed by atoms with Gasteiger partial charge in [-0.05, 0) is 38.9 Å². The van der Waals surface area contributed by atoms with Gasteiger partial charge in [0.2, 0.25) is 0 Å². The van der Waals surface area contributed by atoms with Crippen LogP contribution in [0.2, 0.25) is 0 Å². The lowest BCUT2D eigenvalue weighted by atomic mass is 10.0. The number of para-hydroxylation sites is 1. The molecular weight excluding hydrogens is 300 g/mol. The van der Waals surface area contributed by atoms with Crippen LogP contribution in [-0.2, 0) is 0 Å². The number of methoxy groups -OCH3 is 1. The third-order valence-corrected chi connectivity index (χ3v) is 4.26. The van der Waals surface area contributed by atoms with Gasteiger partial charge in [0.1, 0.15) is 5.75 Å². The number of aliphatic imine (C=N–C) groups is 1. The quantitative estimate of drug-likeness (QED) is 0.437. The average molecular weight is 330 g/mol. The molecule has 5 heteroatoms. The van der Waals surface area contributed by atoms with Crippen LogP contribution in [0.1, 0.15) is 31.4 Å². The van der Waals surface area contributed by atoms with Crippen LogP contribution in [0.3, 0.4) is 0 Å². The van der Waals surface area contributed by atoms with Crippen molar-refractivity contribution >= 4 is 5.96 Å². The summed E-state index contributed by atoms with van der Waals surface area (Å²) < 4.78 is 5.59. The van der Waals surface area contributed by atoms with Crippen LogP contribution >= 0.6 is 0 Å². The average Bonchev–Trinajstić information content (AvgIpc) is 3.14. The minimum Gasteiger partial charge on any atom is -0.496 e. The normalized spacial score (nSPS) is 16.7. The molecule has 24 heavy (non-hydrogen) atoms. The molecule has 2 rings (SSSR count). The summed E-state index contributed by atoms with van der Waals surface area (Å²) in [5, 5.41) is 6.55. The molecule has 1 aromatic carbocycles. The predicted molar refractivity (Wildman–Crippen MR) is 101 cm³/mol. The molecule has 0 saturated carbocycles. The van der Waals surface area contributed by atoms with Gasteiger partial charge in [-0.3, -0.25) is 9.89 Å². The molecule has 0 bridgehead atoms. The molecule has 132 valence electrons. The third-order valence-electron chi connectivity index (χ3n) is 4.26. The molecule has 0 radical (unpaired) electrons. The largest absolute Gasteiger partial charge is 0.496 e. The lowest BCUT2D eigenvalue weighted by molar-refractivity contribution is 0.245. The summed E-state index contributed by atoms with van der Waals surface area (Å²) in [6.45, 7) is 10.3. The van der Waals surface area contributed by atoms with E-state index >= 15 is 0 Å². The van der Waals surface area contributed by atoms with Gasteiger partial charge in [0.15, 0.2) is 5.96 Å². The molecular formula is C19H30N4O. The Hall–Kier alpha value is -2.01. The fraction of sp³-hybridized carbons (Fsp3) is 0.526. The molecule has 0 spiro atoms. The van der Waals surface area contributed by atoms with Gasteiger partial charge in [-0.2, -0.15) is 0 Å². The van der Waals surface area contributed by atoms with E-state index in [0.717, 1.165) is 31.3 Å². The topological polar surface area (TPSA) is 48.9 Å². The van der Waals surface area contributed by atoms with Gasteiger partial charge in [0, 0.05) is 18.7 Å². The van der Waals surface area contributed by atoms with Gasteiger partial charge < -0.3 is 15.4 Å². The number of ether oxygens (including phenoxy) is 1. The highest BCUT2D eigenvalue weighted by Gasteiger charge is 2.25. The van der Waals surface area contributed by atoms with Gasteiger partial charge in [0.05, 0.1) is 19.7 Å². The van der Waals surface area contributed by atoms with Crippen molar-refractivity contribution in [2.45, 2.75) is 25.8 Å². The molecule has 1 heterocycles. The van der Waals surface area contributed by atoms with Gasteiger partial charge >= 0.3 is 0 Å². The number of hydrogen-bond donors (Lipinski definition) is 2. The molecule has 0 amide bonds. The summed E-state index contributed by atoms with van der Waals surface area (Å²) in [4.78, 5) is 7.31. The molecule has 0 aliphatic carbocycles. The molecule has 1 atom stereocenters. The maximum atomic E-state index is 5.59. The van der Waals surface area contributed by atoms with Crippen LogP contribution < -0.4 is 15.4 Å². The Kier molecular flexibility index (Phi) is 7.62. The predicted octanol–water partition coefficient (Wildman–Crippen LogP) is 2.57. The maximum Gasteiger partial charge on any atom is 0.191 e. The Labute approximate surface area is 145 Å². The summed E-state index contributed by atoms with van der Waals surface area (Å²) in [5.74, 6) is 1.77. The Balaban J connectivity index is 2.20. The highest BCUT2D eigenvalue weighted by Crippen LogP contribution is 2.31. The smallest absolute Gasteiger partial charge is 0.191 e. The van der Waals surface area contributed by atoms with E-state index in [2.05, 4.69) is 41.2 Å². The summed E-state index contributed by atoms with van der Waals surface area (Å²) >= 11 is 0. The number of nitrogens with one attached hydrogen (secondary N) is 2. The third kappa shape index (κ3) is 4.99. The first kappa shape index (κ1) is 18.3. The molecule has 5 nitrogen and oxygen atoms in total. The molecule has 0 aromatic heterocycles. The zero-order valence-electron chi connectivity index (χ0n) is 14.9. The molecule has 1 saturated heterocycles. The Morgan fingerprint density at radius 2 is 2.08 bits per heavy atom. The van der Waals surface area contributed by atoms with E-state index in [1.54, 1.807) is 7.11 Å². The highest BCUT2D eigenvalue weighted by molar-refractivity contribution is 5.79. The van der Waals surface area contributed by atoms with Crippen molar-refractivity contribution in [2.75, 3.05) is 39.8 Å². The number of nitrogens with zero attached hydrogens (tertiary/aromatic N) is 2. The van der Waals surface area contributed by atoms with Crippen LogP contribution in [0.25, 0.3) is 0 Å². The molecule has 1 unspecified atom stereocenters. The lowest BCUT2D eigenvalue weighted by Gasteiger charge is -2.28. The molecule has 1 aromatic rings. The highest BCUT2D eigenvalue weighted by atomic mass is 16.5. The summed E-state index contributed by atoms with van der Waals surface area (Å²) in [6.07, 6.45) is 4.35. The van der Waals surface area contributed by atoms with Gasteiger partial charge in [-0.25, -0.2) is 0 Å². The van der Waals surface area contributed by atoms with E-state index in [9.17, 15) is 0 Å². The van der Waals surface area contributed by atoms with Crippen LogP contribution in [0.5, 0.6) is 5.75 Å². The molecule has 1 aliphatic heterocycles. The van der Waals surface area contributed by atoms with Gasteiger partial charge in [-0.15, -0.1) is 6.58 Å². The standard InChI is InChI=1S/C19H30N4O/c1-4-12-21-19(20-5-2)22-15-17(23-13-8-9-14-23)16-10-6-7-11-18(16)24-3/h4,6-7,10-11,17H,1,5,8-9,12-15H2,2-3H3,(H2,20,21,22). The van der Waals surface area contributed by atoms with E-state index in [-0.39, 0.29) is 6.04 Å². The van der Waals surface area contributed by atoms with Crippen LogP contribution in [0.15, 0.2) is 41.9 Å². The lowest BCUT2D eigenvalue weighted by Crippen LogP contribution is -2.38. The Bertz CT molecular complexity index is 538. The molecule has 1 fully saturated rings. The van der Waals surface area contributed by atoms with Crippen molar-refractivity contribution in [1.82, 2.24) is 15.5 Å². The number of hydrogen-bond acceptors (Lipinski definition) is 3. The number of benzene rings is 1. The van der Waals surface area contributed by atoms with E-state index in [1.165, 1.54) is 18.4 Å².